The van der Waals surface area contributed by atoms with E-state index in [4.69, 9.17) is 5.73 Å². The van der Waals surface area contributed by atoms with E-state index in [1.807, 2.05) is 0 Å². The SMILES string of the molecule is CC(C)N(C)CC1CCN(C(=O)C2CCC(N)C2)CC1. The highest BCUT2D eigenvalue weighted by Gasteiger charge is 2.32. The third-order valence-corrected chi connectivity index (χ3v) is 5.18. The van der Waals surface area contributed by atoms with Crippen LogP contribution in [0.4, 0.5) is 0 Å². The molecule has 0 bridgehead atoms. The first-order valence-electron chi connectivity index (χ1n) is 8.22. The van der Waals surface area contributed by atoms with Crippen LogP contribution < -0.4 is 5.73 Å². The number of nitrogens with zero attached hydrogens (tertiary/aromatic N) is 2. The molecule has 1 saturated carbocycles. The van der Waals surface area contributed by atoms with Gasteiger partial charge < -0.3 is 15.5 Å². The number of rotatable bonds is 4. The summed E-state index contributed by atoms with van der Waals surface area (Å²) in [5.74, 6) is 1.32. The van der Waals surface area contributed by atoms with Gasteiger partial charge in [0, 0.05) is 37.6 Å². The molecule has 2 aliphatic rings. The van der Waals surface area contributed by atoms with E-state index in [-0.39, 0.29) is 12.0 Å². The van der Waals surface area contributed by atoms with Crippen LogP contribution in [0.1, 0.15) is 46.0 Å². The minimum Gasteiger partial charge on any atom is -0.342 e. The number of amides is 1. The molecular formula is C16H31N3O. The van der Waals surface area contributed by atoms with Crippen LogP contribution in [0, 0.1) is 11.8 Å². The molecule has 2 rings (SSSR count). The van der Waals surface area contributed by atoms with Gasteiger partial charge in [0.1, 0.15) is 0 Å². The van der Waals surface area contributed by atoms with Crippen molar-refractivity contribution in [2.45, 2.75) is 58.0 Å². The second-order valence-electron chi connectivity index (χ2n) is 7.07. The van der Waals surface area contributed by atoms with Gasteiger partial charge in [0.2, 0.25) is 5.91 Å². The summed E-state index contributed by atoms with van der Waals surface area (Å²) in [7, 11) is 2.20. The highest BCUT2D eigenvalue weighted by atomic mass is 16.2. The van der Waals surface area contributed by atoms with Crippen LogP contribution in [0.5, 0.6) is 0 Å². The highest BCUT2D eigenvalue weighted by molar-refractivity contribution is 5.79. The lowest BCUT2D eigenvalue weighted by Crippen LogP contribution is -2.44. The lowest BCUT2D eigenvalue weighted by atomic mass is 9.94. The van der Waals surface area contributed by atoms with Gasteiger partial charge >= 0.3 is 0 Å². The third-order valence-electron chi connectivity index (χ3n) is 5.18. The molecule has 0 aromatic heterocycles. The van der Waals surface area contributed by atoms with Crippen LogP contribution in [0.25, 0.3) is 0 Å². The van der Waals surface area contributed by atoms with Gasteiger partial charge in [-0.25, -0.2) is 0 Å². The van der Waals surface area contributed by atoms with Crippen molar-refractivity contribution in [2.24, 2.45) is 17.6 Å². The smallest absolute Gasteiger partial charge is 0.225 e. The number of hydrogen-bond donors (Lipinski definition) is 1. The molecule has 4 nitrogen and oxygen atoms in total. The van der Waals surface area contributed by atoms with Crippen molar-refractivity contribution in [3.63, 3.8) is 0 Å². The van der Waals surface area contributed by atoms with Gasteiger partial charge in [-0.1, -0.05) is 0 Å². The van der Waals surface area contributed by atoms with Crippen LogP contribution >= 0.6 is 0 Å². The Kier molecular flexibility index (Phi) is 5.44. The number of likely N-dealkylation sites (tertiary alicyclic amines) is 1. The lowest BCUT2D eigenvalue weighted by Gasteiger charge is -2.36. The zero-order valence-electron chi connectivity index (χ0n) is 13.3. The fourth-order valence-corrected chi connectivity index (χ4v) is 3.45. The summed E-state index contributed by atoms with van der Waals surface area (Å²) in [5.41, 5.74) is 5.92. The average molecular weight is 281 g/mol. The molecule has 2 fully saturated rings. The lowest BCUT2D eigenvalue weighted by molar-refractivity contribution is -0.136. The van der Waals surface area contributed by atoms with Gasteiger partial charge in [0.25, 0.3) is 0 Å². The molecule has 0 radical (unpaired) electrons. The molecule has 0 aromatic rings. The minimum absolute atomic E-state index is 0.208. The van der Waals surface area contributed by atoms with Crippen molar-refractivity contribution < 1.29 is 4.79 Å². The molecule has 1 saturated heterocycles. The number of carbonyl (C=O) groups is 1. The summed E-state index contributed by atoms with van der Waals surface area (Å²) in [5, 5.41) is 0. The Balaban J connectivity index is 1.75. The van der Waals surface area contributed by atoms with Crippen molar-refractivity contribution in [3.8, 4) is 0 Å². The van der Waals surface area contributed by atoms with E-state index in [0.29, 0.717) is 11.9 Å². The maximum atomic E-state index is 12.4. The maximum Gasteiger partial charge on any atom is 0.225 e. The molecule has 1 heterocycles. The first-order chi connectivity index (χ1) is 9.47. The zero-order valence-corrected chi connectivity index (χ0v) is 13.3. The molecule has 1 aliphatic heterocycles. The Bertz CT molecular complexity index is 324. The first-order valence-corrected chi connectivity index (χ1v) is 8.22. The summed E-state index contributed by atoms with van der Waals surface area (Å²) in [6.07, 6.45) is 5.22. The minimum atomic E-state index is 0.208. The molecule has 1 amide bonds. The number of hydrogen-bond acceptors (Lipinski definition) is 3. The molecule has 2 atom stereocenters. The second-order valence-corrected chi connectivity index (χ2v) is 7.07. The van der Waals surface area contributed by atoms with E-state index < -0.39 is 0 Å². The average Bonchev–Trinajstić information content (AvgIpc) is 2.85. The van der Waals surface area contributed by atoms with Crippen molar-refractivity contribution in [1.29, 1.82) is 0 Å². The van der Waals surface area contributed by atoms with Gasteiger partial charge in [-0.15, -0.1) is 0 Å². The fraction of sp³-hybridized carbons (Fsp3) is 0.938. The largest absolute Gasteiger partial charge is 0.342 e. The molecule has 2 unspecified atom stereocenters. The van der Waals surface area contributed by atoms with Gasteiger partial charge in [-0.3, -0.25) is 4.79 Å². The normalized spacial score (nSPS) is 28.6. The molecule has 1 aliphatic carbocycles. The Morgan fingerprint density at radius 2 is 1.90 bits per heavy atom. The van der Waals surface area contributed by atoms with Gasteiger partial charge in [-0.2, -0.15) is 0 Å². The molecule has 20 heavy (non-hydrogen) atoms. The number of piperidine rings is 1. The predicted octanol–water partition coefficient (Wildman–Crippen LogP) is 1.69. The summed E-state index contributed by atoms with van der Waals surface area (Å²) in [4.78, 5) is 16.9. The van der Waals surface area contributed by atoms with E-state index in [0.717, 1.165) is 57.7 Å². The van der Waals surface area contributed by atoms with E-state index in [2.05, 4.69) is 30.7 Å². The molecule has 2 N–H and O–H groups in total. The summed E-state index contributed by atoms with van der Waals surface area (Å²) < 4.78 is 0. The zero-order chi connectivity index (χ0) is 14.7. The van der Waals surface area contributed by atoms with E-state index >= 15 is 0 Å². The van der Waals surface area contributed by atoms with Crippen molar-refractivity contribution in [3.05, 3.63) is 0 Å². The van der Waals surface area contributed by atoms with Crippen LogP contribution in [-0.4, -0.2) is 54.5 Å². The monoisotopic (exact) mass is 281 g/mol. The Hall–Kier alpha value is -0.610. The molecule has 4 heteroatoms. The fourth-order valence-electron chi connectivity index (χ4n) is 3.45. The maximum absolute atomic E-state index is 12.4. The number of nitrogens with two attached hydrogens (primary N) is 1. The Labute approximate surface area is 123 Å². The molecule has 0 spiro atoms. The summed E-state index contributed by atoms with van der Waals surface area (Å²) >= 11 is 0. The van der Waals surface area contributed by atoms with Gasteiger partial charge in [0.05, 0.1) is 0 Å². The van der Waals surface area contributed by atoms with E-state index in [1.165, 1.54) is 0 Å². The first kappa shape index (κ1) is 15.8. The van der Waals surface area contributed by atoms with E-state index in [1.54, 1.807) is 0 Å². The van der Waals surface area contributed by atoms with Gasteiger partial charge in [0.15, 0.2) is 0 Å². The highest BCUT2D eigenvalue weighted by Crippen LogP contribution is 2.28. The van der Waals surface area contributed by atoms with Crippen molar-refractivity contribution in [2.75, 3.05) is 26.7 Å². The topological polar surface area (TPSA) is 49.6 Å². The quantitative estimate of drug-likeness (QED) is 0.853. The second kappa shape index (κ2) is 6.90. The van der Waals surface area contributed by atoms with Gasteiger partial charge in [-0.05, 0) is 58.9 Å². The Morgan fingerprint density at radius 1 is 1.25 bits per heavy atom. The third kappa shape index (κ3) is 3.95. The molecular weight excluding hydrogens is 250 g/mol. The van der Waals surface area contributed by atoms with Crippen molar-refractivity contribution >= 4 is 5.91 Å². The van der Waals surface area contributed by atoms with Crippen LogP contribution in [-0.2, 0) is 4.79 Å². The standard InChI is InChI=1S/C16H31N3O/c1-12(2)18(3)11-13-6-8-19(9-7-13)16(20)14-4-5-15(17)10-14/h12-15H,4-11,17H2,1-3H3. The number of carbonyl (C=O) groups excluding carboxylic acids is 1. The van der Waals surface area contributed by atoms with Crippen LogP contribution in [0.15, 0.2) is 0 Å². The predicted molar refractivity (Wildman–Crippen MR) is 82.4 cm³/mol. The Morgan fingerprint density at radius 3 is 2.40 bits per heavy atom. The van der Waals surface area contributed by atoms with Crippen LogP contribution in [0.3, 0.4) is 0 Å². The van der Waals surface area contributed by atoms with Crippen molar-refractivity contribution in [1.82, 2.24) is 9.80 Å². The van der Waals surface area contributed by atoms with Crippen LogP contribution in [0.2, 0.25) is 0 Å². The molecule has 0 aromatic carbocycles. The van der Waals surface area contributed by atoms with E-state index in [9.17, 15) is 4.79 Å². The molecule has 116 valence electrons. The summed E-state index contributed by atoms with van der Waals surface area (Å²) in [6.45, 7) is 7.53. The summed E-state index contributed by atoms with van der Waals surface area (Å²) in [6, 6.07) is 0.857.